The van der Waals surface area contributed by atoms with Gasteiger partial charge in [-0.2, -0.15) is 0 Å². The van der Waals surface area contributed by atoms with Gasteiger partial charge in [0.15, 0.2) is 6.10 Å². The maximum Gasteiger partial charge on any atom is 0.261 e. The van der Waals surface area contributed by atoms with E-state index in [0.717, 1.165) is 33.9 Å². The molecule has 5 nitrogen and oxygen atoms in total. The normalized spacial score (nSPS) is 12.3. The fourth-order valence-electron chi connectivity index (χ4n) is 2.54. The summed E-state index contributed by atoms with van der Waals surface area (Å²) < 4.78 is 11.0. The Balaban J connectivity index is 2.03. The largest absolute Gasteiger partial charge is 0.481 e. The monoisotopic (exact) mass is 330 g/mol. The van der Waals surface area contributed by atoms with E-state index in [0.29, 0.717) is 12.5 Å². The molecule has 1 N–H and O–H groups in total. The predicted molar refractivity (Wildman–Crippen MR) is 93.2 cm³/mol. The first-order valence-corrected chi connectivity index (χ1v) is 8.26. The van der Waals surface area contributed by atoms with Crippen molar-refractivity contribution in [2.45, 2.75) is 60.1 Å². The minimum absolute atomic E-state index is 0.161. The van der Waals surface area contributed by atoms with Crippen molar-refractivity contribution in [1.82, 2.24) is 10.5 Å². The molecule has 1 aromatic heterocycles. The molecule has 0 bridgehead atoms. The summed E-state index contributed by atoms with van der Waals surface area (Å²) >= 11 is 0. The molecular formula is C19H26N2O3. The van der Waals surface area contributed by atoms with Crippen molar-refractivity contribution in [2.24, 2.45) is 0 Å². The summed E-state index contributed by atoms with van der Waals surface area (Å²) in [5.41, 5.74) is 3.92. The van der Waals surface area contributed by atoms with Crippen LogP contribution < -0.4 is 10.1 Å². The lowest BCUT2D eigenvalue weighted by Crippen LogP contribution is -2.36. The molecule has 1 aromatic carbocycles. The van der Waals surface area contributed by atoms with Crippen molar-refractivity contribution in [3.8, 4) is 5.75 Å². The smallest absolute Gasteiger partial charge is 0.261 e. The zero-order valence-electron chi connectivity index (χ0n) is 15.3. The number of hydrogen-bond acceptors (Lipinski definition) is 4. The highest BCUT2D eigenvalue weighted by atomic mass is 16.5. The van der Waals surface area contributed by atoms with Gasteiger partial charge in [-0.1, -0.05) is 31.1 Å². The number of carbonyl (C=O) groups excluding carboxylic acids is 1. The van der Waals surface area contributed by atoms with Crippen molar-refractivity contribution >= 4 is 5.91 Å². The van der Waals surface area contributed by atoms with Gasteiger partial charge in [0.2, 0.25) is 0 Å². The molecule has 130 valence electrons. The lowest BCUT2D eigenvalue weighted by Gasteiger charge is -2.19. The van der Waals surface area contributed by atoms with E-state index in [1.807, 2.05) is 26.8 Å². The van der Waals surface area contributed by atoms with E-state index >= 15 is 0 Å². The van der Waals surface area contributed by atoms with Gasteiger partial charge in [-0.15, -0.1) is 0 Å². The molecule has 0 aliphatic carbocycles. The standard InChI is InChI=1S/C19H26N2O3/c1-11(2)16-8-7-12(3)9-18(16)23-15(6)19(22)20-10-17-13(4)21-24-14(17)5/h7-9,11,15H,10H2,1-6H3,(H,20,22). The third-order valence-corrected chi connectivity index (χ3v) is 4.08. The molecule has 1 heterocycles. The third-order valence-electron chi connectivity index (χ3n) is 4.08. The number of benzene rings is 1. The maximum absolute atomic E-state index is 12.3. The Bertz CT molecular complexity index is 700. The van der Waals surface area contributed by atoms with E-state index in [1.165, 1.54) is 0 Å². The topological polar surface area (TPSA) is 64.4 Å². The van der Waals surface area contributed by atoms with Crippen molar-refractivity contribution in [3.05, 3.63) is 46.3 Å². The van der Waals surface area contributed by atoms with Crippen LogP contribution in [0.15, 0.2) is 22.7 Å². The summed E-state index contributed by atoms with van der Waals surface area (Å²) in [4.78, 5) is 12.3. The van der Waals surface area contributed by atoms with Gasteiger partial charge in [0.25, 0.3) is 5.91 Å². The summed E-state index contributed by atoms with van der Waals surface area (Å²) in [5, 5.41) is 6.78. The second-order valence-corrected chi connectivity index (χ2v) is 6.48. The number of carbonyl (C=O) groups is 1. The Morgan fingerprint density at radius 3 is 2.54 bits per heavy atom. The molecule has 0 aliphatic rings. The number of hydrogen-bond donors (Lipinski definition) is 1. The van der Waals surface area contributed by atoms with Crippen LogP contribution in [0.25, 0.3) is 0 Å². The van der Waals surface area contributed by atoms with Crippen LogP contribution in [0, 0.1) is 20.8 Å². The van der Waals surface area contributed by atoms with Crippen molar-refractivity contribution in [2.75, 3.05) is 0 Å². The van der Waals surface area contributed by atoms with Gasteiger partial charge in [0.05, 0.1) is 5.69 Å². The Kier molecular flexibility index (Phi) is 5.65. The molecule has 2 aromatic rings. The highest BCUT2D eigenvalue weighted by Gasteiger charge is 2.18. The minimum atomic E-state index is -0.579. The van der Waals surface area contributed by atoms with E-state index in [9.17, 15) is 4.79 Å². The summed E-state index contributed by atoms with van der Waals surface area (Å²) in [7, 11) is 0. The van der Waals surface area contributed by atoms with Gasteiger partial charge in [0.1, 0.15) is 11.5 Å². The molecule has 1 amide bonds. The number of rotatable bonds is 6. The second kappa shape index (κ2) is 7.51. The quantitative estimate of drug-likeness (QED) is 0.875. The Labute approximate surface area is 143 Å². The first kappa shape index (κ1) is 18.0. The van der Waals surface area contributed by atoms with E-state index in [-0.39, 0.29) is 5.91 Å². The molecule has 0 spiro atoms. The molecule has 0 radical (unpaired) electrons. The molecule has 1 atom stereocenters. The van der Waals surface area contributed by atoms with Crippen LogP contribution >= 0.6 is 0 Å². The van der Waals surface area contributed by atoms with Crippen molar-refractivity contribution in [3.63, 3.8) is 0 Å². The van der Waals surface area contributed by atoms with E-state index in [1.54, 1.807) is 6.92 Å². The van der Waals surface area contributed by atoms with E-state index in [4.69, 9.17) is 9.26 Å². The summed E-state index contributed by atoms with van der Waals surface area (Å²) in [5.74, 6) is 1.66. The molecule has 1 unspecified atom stereocenters. The second-order valence-electron chi connectivity index (χ2n) is 6.48. The lowest BCUT2D eigenvalue weighted by molar-refractivity contribution is -0.127. The van der Waals surface area contributed by atoms with Crippen LogP contribution in [0.3, 0.4) is 0 Å². The molecular weight excluding hydrogens is 304 g/mol. The van der Waals surface area contributed by atoms with Gasteiger partial charge < -0.3 is 14.6 Å². The molecule has 2 rings (SSSR count). The molecule has 24 heavy (non-hydrogen) atoms. The Hall–Kier alpha value is -2.30. The molecule has 0 fully saturated rings. The number of amides is 1. The Morgan fingerprint density at radius 1 is 1.25 bits per heavy atom. The first-order valence-electron chi connectivity index (χ1n) is 8.26. The minimum Gasteiger partial charge on any atom is -0.481 e. The lowest BCUT2D eigenvalue weighted by atomic mass is 10.0. The van der Waals surface area contributed by atoms with Gasteiger partial charge >= 0.3 is 0 Å². The van der Waals surface area contributed by atoms with Gasteiger partial charge in [-0.3, -0.25) is 4.79 Å². The number of aryl methyl sites for hydroxylation is 3. The molecule has 0 aliphatic heterocycles. The SMILES string of the molecule is Cc1ccc(C(C)C)c(OC(C)C(=O)NCc2c(C)noc2C)c1. The number of ether oxygens (including phenoxy) is 1. The van der Waals surface area contributed by atoms with E-state index in [2.05, 4.69) is 36.5 Å². The average Bonchev–Trinajstić information content (AvgIpc) is 2.83. The van der Waals surface area contributed by atoms with Gasteiger partial charge in [0, 0.05) is 12.1 Å². The van der Waals surface area contributed by atoms with Crippen LogP contribution in [0.5, 0.6) is 5.75 Å². The average molecular weight is 330 g/mol. The Morgan fingerprint density at radius 2 is 1.96 bits per heavy atom. The fourth-order valence-corrected chi connectivity index (χ4v) is 2.54. The molecule has 5 heteroatoms. The van der Waals surface area contributed by atoms with Crippen molar-refractivity contribution < 1.29 is 14.1 Å². The van der Waals surface area contributed by atoms with Crippen LogP contribution in [0.4, 0.5) is 0 Å². The predicted octanol–water partition coefficient (Wildman–Crippen LogP) is 3.81. The summed E-state index contributed by atoms with van der Waals surface area (Å²) in [6.45, 7) is 12.1. The first-order chi connectivity index (χ1) is 11.3. The van der Waals surface area contributed by atoms with Crippen LogP contribution in [0.1, 0.15) is 54.8 Å². The zero-order chi connectivity index (χ0) is 17.9. The van der Waals surface area contributed by atoms with Crippen LogP contribution in [0.2, 0.25) is 0 Å². The number of nitrogens with zero attached hydrogens (tertiary/aromatic N) is 1. The van der Waals surface area contributed by atoms with Gasteiger partial charge in [-0.25, -0.2) is 0 Å². The maximum atomic E-state index is 12.3. The zero-order valence-corrected chi connectivity index (χ0v) is 15.3. The van der Waals surface area contributed by atoms with Gasteiger partial charge in [-0.05, 0) is 50.8 Å². The highest BCUT2D eigenvalue weighted by Crippen LogP contribution is 2.28. The highest BCUT2D eigenvalue weighted by molar-refractivity contribution is 5.80. The summed E-state index contributed by atoms with van der Waals surface area (Å²) in [6.07, 6.45) is -0.579. The van der Waals surface area contributed by atoms with Crippen molar-refractivity contribution in [1.29, 1.82) is 0 Å². The number of nitrogens with one attached hydrogen (secondary N) is 1. The van der Waals surface area contributed by atoms with E-state index < -0.39 is 6.10 Å². The van der Waals surface area contributed by atoms with Crippen LogP contribution in [-0.4, -0.2) is 17.2 Å². The summed E-state index contributed by atoms with van der Waals surface area (Å²) in [6, 6.07) is 6.10. The molecule has 0 saturated heterocycles. The third kappa shape index (κ3) is 4.16. The number of aromatic nitrogens is 1. The molecule has 0 saturated carbocycles. The fraction of sp³-hybridized carbons (Fsp3) is 0.474. The van der Waals surface area contributed by atoms with Crippen LogP contribution in [-0.2, 0) is 11.3 Å².